The van der Waals surface area contributed by atoms with E-state index < -0.39 is 16.0 Å². The van der Waals surface area contributed by atoms with E-state index in [1.54, 1.807) is 13.0 Å². The van der Waals surface area contributed by atoms with Crippen molar-refractivity contribution in [2.24, 2.45) is 0 Å². The fourth-order valence-corrected chi connectivity index (χ4v) is 2.66. The number of aryl methyl sites for hydroxylation is 2. The summed E-state index contributed by atoms with van der Waals surface area (Å²) in [5.41, 5.74) is 1.67. The van der Waals surface area contributed by atoms with Gasteiger partial charge in [0.15, 0.2) is 0 Å². The lowest BCUT2D eigenvalue weighted by atomic mass is 10.2. The van der Waals surface area contributed by atoms with Crippen molar-refractivity contribution in [3.05, 3.63) is 23.4 Å². The summed E-state index contributed by atoms with van der Waals surface area (Å²) in [7, 11) is -2.22. The first kappa shape index (κ1) is 15.4. The molecule has 1 rings (SSSR count). The summed E-state index contributed by atoms with van der Waals surface area (Å²) in [6.45, 7) is 3.66. The van der Waals surface area contributed by atoms with Gasteiger partial charge in [0, 0.05) is 12.1 Å². The lowest BCUT2D eigenvalue weighted by Crippen LogP contribution is -2.18. The standard InChI is InChI=1S/C12H18N2O4S/c1-9-7-10(2)13-11(8-9)14-19(16,17)6-4-5-12(15)18-3/h7-8H,4-6H2,1-3H3,(H,13,14). The van der Waals surface area contributed by atoms with Crippen molar-refractivity contribution in [2.45, 2.75) is 26.7 Å². The second kappa shape index (κ2) is 6.51. The molecule has 0 saturated carbocycles. The number of carbonyl (C=O) groups excluding carboxylic acids is 1. The zero-order valence-corrected chi connectivity index (χ0v) is 12.1. The first-order valence-electron chi connectivity index (χ1n) is 5.85. The van der Waals surface area contributed by atoms with E-state index in [1.807, 2.05) is 13.0 Å². The molecular weight excluding hydrogens is 268 g/mol. The number of hydrogen-bond donors (Lipinski definition) is 1. The number of ether oxygens (including phenoxy) is 1. The summed E-state index contributed by atoms with van der Waals surface area (Å²) < 4.78 is 30.4. The van der Waals surface area contributed by atoms with Crippen molar-refractivity contribution in [1.82, 2.24) is 4.98 Å². The third-order valence-electron chi connectivity index (χ3n) is 2.38. The molecule has 0 atom stereocenters. The Morgan fingerprint density at radius 1 is 1.37 bits per heavy atom. The molecule has 0 saturated heterocycles. The Kier molecular flexibility index (Phi) is 5.29. The normalized spacial score (nSPS) is 11.1. The maximum Gasteiger partial charge on any atom is 0.305 e. The van der Waals surface area contributed by atoms with Gasteiger partial charge in [0.2, 0.25) is 10.0 Å². The molecule has 1 heterocycles. The largest absolute Gasteiger partial charge is 0.469 e. The minimum Gasteiger partial charge on any atom is -0.469 e. The van der Waals surface area contributed by atoms with Gasteiger partial charge in [-0.05, 0) is 38.0 Å². The van der Waals surface area contributed by atoms with E-state index in [1.165, 1.54) is 7.11 Å². The van der Waals surface area contributed by atoms with Gasteiger partial charge in [-0.15, -0.1) is 0 Å². The van der Waals surface area contributed by atoms with Crippen molar-refractivity contribution >= 4 is 21.8 Å². The van der Waals surface area contributed by atoms with Crippen LogP contribution in [0, 0.1) is 13.8 Å². The van der Waals surface area contributed by atoms with Gasteiger partial charge in [-0.3, -0.25) is 9.52 Å². The molecule has 6 nitrogen and oxygen atoms in total. The molecule has 0 bridgehead atoms. The van der Waals surface area contributed by atoms with E-state index in [4.69, 9.17) is 0 Å². The fraction of sp³-hybridized carbons (Fsp3) is 0.500. The maximum absolute atomic E-state index is 11.8. The third-order valence-corrected chi connectivity index (χ3v) is 3.73. The molecule has 0 aliphatic heterocycles. The van der Waals surface area contributed by atoms with Crippen LogP contribution in [0.2, 0.25) is 0 Å². The SMILES string of the molecule is COC(=O)CCCS(=O)(=O)Nc1cc(C)cc(C)n1. The van der Waals surface area contributed by atoms with E-state index in [0.29, 0.717) is 5.82 Å². The Morgan fingerprint density at radius 3 is 2.63 bits per heavy atom. The molecular formula is C12H18N2O4S. The highest BCUT2D eigenvalue weighted by atomic mass is 32.2. The fourth-order valence-electron chi connectivity index (χ4n) is 1.61. The van der Waals surface area contributed by atoms with Crippen molar-refractivity contribution in [1.29, 1.82) is 0 Å². The Balaban J connectivity index is 2.61. The van der Waals surface area contributed by atoms with Crippen LogP contribution in [0.5, 0.6) is 0 Å². The van der Waals surface area contributed by atoms with Gasteiger partial charge in [-0.2, -0.15) is 0 Å². The smallest absolute Gasteiger partial charge is 0.305 e. The topological polar surface area (TPSA) is 85.4 Å². The lowest BCUT2D eigenvalue weighted by Gasteiger charge is -2.08. The average molecular weight is 286 g/mol. The minimum absolute atomic E-state index is 0.0810. The highest BCUT2D eigenvalue weighted by molar-refractivity contribution is 7.92. The van der Waals surface area contributed by atoms with Crippen LogP contribution in [-0.4, -0.2) is 32.2 Å². The van der Waals surface area contributed by atoms with Crippen molar-refractivity contribution < 1.29 is 17.9 Å². The Morgan fingerprint density at radius 2 is 2.05 bits per heavy atom. The van der Waals surface area contributed by atoms with Crippen LogP contribution >= 0.6 is 0 Å². The number of aromatic nitrogens is 1. The first-order valence-corrected chi connectivity index (χ1v) is 7.50. The number of nitrogens with zero attached hydrogens (tertiary/aromatic N) is 1. The van der Waals surface area contributed by atoms with Gasteiger partial charge in [-0.25, -0.2) is 13.4 Å². The van der Waals surface area contributed by atoms with Crippen LogP contribution in [0.4, 0.5) is 5.82 Å². The first-order chi connectivity index (χ1) is 8.82. The van der Waals surface area contributed by atoms with Crippen LogP contribution < -0.4 is 4.72 Å². The molecule has 0 spiro atoms. The molecule has 0 aliphatic rings. The van der Waals surface area contributed by atoms with Crippen LogP contribution in [0.15, 0.2) is 12.1 Å². The Labute approximate surface area is 113 Å². The monoisotopic (exact) mass is 286 g/mol. The Hall–Kier alpha value is -1.63. The molecule has 0 amide bonds. The van der Waals surface area contributed by atoms with E-state index in [9.17, 15) is 13.2 Å². The molecule has 0 fully saturated rings. The van der Waals surface area contributed by atoms with E-state index in [2.05, 4.69) is 14.4 Å². The molecule has 0 aromatic carbocycles. The summed E-state index contributed by atoms with van der Waals surface area (Å²) >= 11 is 0. The number of pyridine rings is 1. The van der Waals surface area contributed by atoms with Crippen molar-refractivity contribution in [3.8, 4) is 0 Å². The summed E-state index contributed by atoms with van der Waals surface area (Å²) in [6, 6.07) is 3.51. The number of anilines is 1. The zero-order chi connectivity index (χ0) is 14.5. The van der Waals surface area contributed by atoms with E-state index in [-0.39, 0.29) is 18.6 Å². The lowest BCUT2D eigenvalue weighted by molar-refractivity contribution is -0.140. The van der Waals surface area contributed by atoms with Crippen LogP contribution in [0.3, 0.4) is 0 Å². The quantitative estimate of drug-likeness (QED) is 0.799. The second-order valence-electron chi connectivity index (χ2n) is 4.27. The molecule has 19 heavy (non-hydrogen) atoms. The van der Waals surface area contributed by atoms with Gasteiger partial charge in [0.05, 0.1) is 12.9 Å². The molecule has 7 heteroatoms. The highest BCUT2D eigenvalue weighted by Gasteiger charge is 2.13. The number of nitrogens with one attached hydrogen (secondary N) is 1. The van der Waals surface area contributed by atoms with Gasteiger partial charge in [-0.1, -0.05) is 0 Å². The molecule has 0 radical (unpaired) electrons. The molecule has 0 unspecified atom stereocenters. The summed E-state index contributed by atoms with van der Waals surface area (Å²) in [5, 5.41) is 0. The van der Waals surface area contributed by atoms with E-state index >= 15 is 0 Å². The van der Waals surface area contributed by atoms with Crippen molar-refractivity contribution in [3.63, 3.8) is 0 Å². The number of esters is 1. The Bertz CT molecular complexity index is 535. The number of rotatable bonds is 6. The number of carbonyl (C=O) groups is 1. The van der Waals surface area contributed by atoms with Gasteiger partial charge in [0.25, 0.3) is 0 Å². The predicted octanol–water partition coefficient (Wildman–Crippen LogP) is 1.39. The zero-order valence-electron chi connectivity index (χ0n) is 11.3. The average Bonchev–Trinajstić information content (AvgIpc) is 2.26. The highest BCUT2D eigenvalue weighted by Crippen LogP contribution is 2.11. The molecule has 106 valence electrons. The van der Waals surface area contributed by atoms with Crippen molar-refractivity contribution in [2.75, 3.05) is 17.6 Å². The maximum atomic E-state index is 11.8. The van der Waals surface area contributed by atoms with Crippen LogP contribution in [-0.2, 0) is 19.6 Å². The molecule has 1 aromatic heterocycles. The van der Waals surface area contributed by atoms with Crippen LogP contribution in [0.25, 0.3) is 0 Å². The number of sulfonamides is 1. The van der Waals surface area contributed by atoms with E-state index in [0.717, 1.165) is 11.3 Å². The second-order valence-corrected chi connectivity index (χ2v) is 6.11. The molecule has 1 N–H and O–H groups in total. The van der Waals surface area contributed by atoms with Gasteiger partial charge >= 0.3 is 5.97 Å². The van der Waals surface area contributed by atoms with Gasteiger partial charge in [0.1, 0.15) is 5.82 Å². The number of methoxy groups -OCH3 is 1. The summed E-state index contributed by atoms with van der Waals surface area (Å²) in [5.74, 6) is -0.258. The van der Waals surface area contributed by atoms with Gasteiger partial charge < -0.3 is 4.74 Å². The molecule has 0 aliphatic carbocycles. The van der Waals surface area contributed by atoms with Crippen LogP contribution in [0.1, 0.15) is 24.1 Å². The number of hydrogen-bond acceptors (Lipinski definition) is 5. The predicted molar refractivity (Wildman–Crippen MR) is 72.4 cm³/mol. The summed E-state index contributed by atoms with van der Waals surface area (Å²) in [4.78, 5) is 15.0. The minimum atomic E-state index is -3.49. The summed E-state index contributed by atoms with van der Waals surface area (Å²) in [6.07, 6.45) is 0.296. The third kappa shape index (κ3) is 5.69. The molecule has 1 aromatic rings.